The predicted octanol–water partition coefficient (Wildman–Crippen LogP) is 5.16. The van der Waals surface area contributed by atoms with E-state index in [1.807, 2.05) is 0 Å². The molecular formula is C18H22ClN. The summed E-state index contributed by atoms with van der Waals surface area (Å²) in [6.45, 7) is 2.40. The van der Waals surface area contributed by atoms with E-state index in [-0.39, 0.29) is 12.4 Å². The molecule has 0 aromatic heterocycles. The molecule has 0 amide bonds. The molecule has 2 heteroatoms. The number of benzene rings is 2. The van der Waals surface area contributed by atoms with Gasteiger partial charge >= 0.3 is 0 Å². The average molecular weight is 288 g/mol. The summed E-state index contributed by atoms with van der Waals surface area (Å²) in [4.78, 5) is 2.56. The van der Waals surface area contributed by atoms with Crippen molar-refractivity contribution in [2.45, 2.75) is 25.7 Å². The van der Waals surface area contributed by atoms with Gasteiger partial charge in [-0.3, -0.25) is 0 Å². The molecule has 0 N–H and O–H groups in total. The molecule has 0 atom stereocenters. The second-order valence-electron chi connectivity index (χ2n) is 5.28. The van der Waals surface area contributed by atoms with E-state index in [9.17, 15) is 0 Å². The van der Waals surface area contributed by atoms with Crippen molar-refractivity contribution in [2.75, 3.05) is 18.0 Å². The van der Waals surface area contributed by atoms with E-state index in [4.69, 9.17) is 0 Å². The normalized spacial score (nSPS) is 15.3. The third kappa shape index (κ3) is 3.34. The highest BCUT2D eigenvalue weighted by atomic mass is 35.5. The molecule has 2 aromatic carbocycles. The minimum Gasteiger partial charge on any atom is -0.371 e. The van der Waals surface area contributed by atoms with Gasteiger partial charge in [-0.25, -0.2) is 0 Å². The van der Waals surface area contributed by atoms with Crippen molar-refractivity contribution in [1.29, 1.82) is 0 Å². The van der Waals surface area contributed by atoms with Crippen LogP contribution >= 0.6 is 12.4 Å². The van der Waals surface area contributed by atoms with Crippen LogP contribution in [0.3, 0.4) is 0 Å². The zero-order valence-electron chi connectivity index (χ0n) is 11.8. The molecule has 106 valence electrons. The number of rotatable bonds is 2. The fourth-order valence-electron chi connectivity index (χ4n) is 2.92. The maximum absolute atomic E-state index is 2.56. The number of para-hydroxylation sites is 1. The first-order valence-corrected chi connectivity index (χ1v) is 7.34. The molecule has 0 unspecified atom stereocenters. The lowest BCUT2D eigenvalue weighted by Gasteiger charge is -2.25. The average Bonchev–Trinajstić information content (AvgIpc) is 2.77. The molecule has 0 saturated carbocycles. The van der Waals surface area contributed by atoms with Crippen molar-refractivity contribution < 1.29 is 0 Å². The minimum atomic E-state index is 0. The smallest absolute Gasteiger partial charge is 0.0445 e. The summed E-state index contributed by atoms with van der Waals surface area (Å²) in [5.74, 6) is 0. The van der Waals surface area contributed by atoms with E-state index in [1.54, 1.807) is 0 Å². The summed E-state index contributed by atoms with van der Waals surface area (Å²) < 4.78 is 0. The summed E-state index contributed by atoms with van der Waals surface area (Å²) >= 11 is 0. The van der Waals surface area contributed by atoms with E-state index >= 15 is 0 Å². The topological polar surface area (TPSA) is 3.24 Å². The van der Waals surface area contributed by atoms with E-state index in [2.05, 4.69) is 59.5 Å². The highest BCUT2D eigenvalue weighted by molar-refractivity contribution is 5.85. The molecule has 1 aliphatic rings. The van der Waals surface area contributed by atoms with E-state index in [0.29, 0.717) is 0 Å². The van der Waals surface area contributed by atoms with Gasteiger partial charge in [0.05, 0.1) is 0 Å². The first kappa shape index (κ1) is 14.9. The first-order valence-electron chi connectivity index (χ1n) is 7.34. The van der Waals surface area contributed by atoms with Gasteiger partial charge in [-0.05, 0) is 24.5 Å². The van der Waals surface area contributed by atoms with Crippen LogP contribution in [0.2, 0.25) is 0 Å². The Balaban J connectivity index is 0.00000147. The van der Waals surface area contributed by atoms with Gasteiger partial charge < -0.3 is 4.90 Å². The molecule has 0 bridgehead atoms. The van der Waals surface area contributed by atoms with Crippen molar-refractivity contribution in [3.63, 3.8) is 0 Å². The Morgan fingerprint density at radius 2 is 1.25 bits per heavy atom. The highest BCUT2D eigenvalue weighted by Gasteiger charge is 2.13. The van der Waals surface area contributed by atoms with Crippen LogP contribution in [-0.4, -0.2) is 13.1 Å². The highest BCUT2D eigenvalue weighted by Crippen LogP contribution is 2.31. The number of halogens is 1. The van der Waals surface area contributed by atoms with Crippen molar-refractivity contribution in [1.82, 2.24) is 0 Å². The summed E-state index contributed by atoms with van der Waals surface area (Å²) in [7, 11) is 0. The molecule has 3 rings (SSSR count). The van der Waals surface area contributed by atoms with Crippen LogP contribution in [0.1, 0.15) is 25.7 Å². The van der Waals surface area contributed by atoms with Crippen molar-refractivity contribution in [2.24, 2.45) is 0 Å². The standard InChI is InChI=1S/C18H21N.ClH/c1-2-9-15-19(14-8-1)18-13-7-6-12-17(18)16-10-4-3-5-11-16;/h3-7,10-13H,1-2,8-9,14-15H2;1H. The lowest BCUT2D eigenvalue weighted by atomic mass is 10.0. The molecule has 0 radical (unpaired) electrons. The van der Waals surface area contributed by atoms with Crippen LogP contribution in [0.4, 0.5) is 5.69 Å². The van der Waals surface area contributed by atoms with Crippen molar-refractivity contribution in [3.8, 4) is 11.1 Å². The summed E-state index contributed by atoms with van der Waals surface area (Å²) in [5.41, 5.74) is 4.09. The number of anilines is 1. The van der Waals surface area contributed by atoms with Gasteiger partial charge in [0.15, 0.2) is 0 Å². The van der Waals surface area contributed by atoms with Crippen LogP contribution in [0.15, 0.2) is 54.6 Å². The molecule has 1 saturated heterocycles. The van der Waals surface area contributed by atoms with Gasteiger partial charge in [-0.1, -0.05) is 61.4 Å². The summed E-state index contributed by atoms with van der Waals surface area (Å²) in [6, 6.07) is 19.5. The number of hydrogen-bond acceptors (Lipinski definition) is 1. The van der Waals surface area contributed by atoms with Gasteiger partial charge in [0.2, 0.25) is 0 Å². The Kier molecular flexibility index (Phi) is 5.49. The van der Waals surface area contributed by atoms with Gasteiger partial charge in [0.25, 0.3) is 0 Å². The van der Waals surface area contributed by atoms with E-state index < -0.39 is 0 Å². The largest absolute Gasteiger partial charge is 0.371 e. The molecular weight excluding hydrogens is 266 g/mol. The van der Waals surface area contributed by atoms with Gasteiger partial charge in [-0.2, -0.15) is 0 Å². The Bertz CT molecular complexity index is 516. The molecule has 20 heavy (non-hydrogen) atoms. The van der Waals surface area contributed by atoms with E-state index in [1.165, 1.54) is 55.6 Å². The molecule has 1 fully saturated rings. The van der Waals surface area contributed by atoms with Crippen LogP contribution in [0, 0.1) is 0 Å². The monoisotopic (exact) mass is 287 g/mol. The Morgan fingerprint density at radius 1 is 0.650 bits per heavy atom. The van der Waals surface area contributed by atoms with Gasteiger partial charge in [0.1, 0.15) is 0 Å². The molecule has 2 aromatic rings. The van der Waals surface area contributed by atoms with Gasteiger partial charge in [-0.15, -0.1) is 12.4 Å². The second kappa shape index (κ2) is 7.35. The fourth-order valence-corrected chi connectivity index (χ4v) is 2.92. The third-order valence-electron chi connectivity index (χ3n) is 3.94. The lowest BCUT2D eigenvalue weighted by Crippen LogP contribution is -2.24. The van der Waals surface area contributed by atoms with Crippen molar-refractivity contribution in [3.05, 3.63) is 54.6 Å². The zero-order valence-corrected chi connectivity index (χ0v) is 12.6. The summed E-state index contributed by atoms with van der Waals surface area (Å²) in [5, 5.41) is 0. The predicted molar refractivity (Wildman–Crippen MR) is 89.8 cm³/mol. The van der Waals surface area contributed by atoms with Gasteiger partial charge in [0, 0.05) is 24.3 Å². The summed E-state index contributed by atoms with van der Waals surface area (Å²) in [6.07, 6.45) is 5.40. The van der Waals surface area contributed by atoms with Crippen LogP contribution in [-0.2, 0) is 0 Å². The van der Waals surface area contributed by atoms with Crippen molar-refractivity contribution >= 4 is 18.1 Å². The maximum atomic E-state index is 2.56. The molecule has 0 aliphatic carbocycles. The molecule has 1 nitrogen and oxygen atoms in total. The second-order valence-corrected chi connectivity index (χ2v) is 5.28. The molecule has 1 aliphatic heterocycles. The molecule has 0 spiro atoms. The van der Waals surface area contributed by atoms with Crippen LogP contribution in [0.25, 0.3) is 11.1 Å². The van der Waals surface area contributed by atoms with Crippen LogP contribution in [0.5, 0.6) is 0 Å². The third-order valence-corrected chi connectivity index (χ3v) is 3.94. The van der Waals surface area contributed by atoms with Crippen LogP contribution < -0.4 is 4.90 Å². The number of hydrogen-bond donors (Lipinski definition) is 0. The Hall–Kier alpha value is -1.47. The Morgan fingerprint density at radius 3 is 1.95 bits per heavy atom. The lowest BCUT2D eigenvalue weighted by molar-refractivity contribution is 0.726. The minimum absolute atomic E-state index is 0. The molecule has 1 heterocycles. The Labute approximate surface area is 128 Å². The first-order chi connectivity index (χ1) is 9.45. The maximum Gasteiger partial charge on any atom is 0.0445 e. The number of nitrogens with zero attached hydrogens (tertiary/aromatic N) is 1. The SMILES string of the molecule is Cl.c1ccc(-c2ccccc2N2CCCCCC2)cc1. The quantitative estimate of drug-likeness (QED) is 0.738. The fraction of sp³-hybridized carbons (Fsp3) is 0.333. The van der Waals surface area contributed by atoms with E-state index in [0.717, 1.165) is 0 Å². The zero-order chi connectivity index (χ0) is 12.9.